The highest BCUT2D eigenvalue weighted by Crippen LogP contribution is 2.18. The predicted octanol–water partition coefficient (Wildman–Crippen LogP) is 2.92. The zero-order chi connectivity index (χ0) is 10.2. The van der Waals surface area contributed by atoms with Crippen LogP contribution in [0.3, 0.4) is 0 Å². The van der Waals surface area contributed by atoms with Crippen LogP contribution in [0.4, 0.5) is 0 Å². The molecule has 2 heteroatoms. The maximum absolute atomic E-state index is 5.48. The summed E-state index contributed by atoms with van der Waals surface area (Å²) in [4.78, 5) is 0. The average Bonchev–Trinajstić information content (AvgIpc) is 2.25. The Labute approximate surface area is 85.2 Å². The quantitative estimate of drug-likeness (QED) is 0.509. The van der Waals surface area contributed by atoms with Crippen LogP contribution < -0.4 is 0 Å². The Kier molecular flexibility index (Phi) is 4.97. The fourth-order valence-corrected chi connectivity index (χ4v) is 1.16. The second-order valence-electron chi connectivity index (χ2n) is 2.82. The molecule has 0 saturated heterocycles. The average molecular weight is 192 g/mol. The molecule has 0 spiro atoms. The van der Waals surface area contributed by atoms with Crippen molar-refractivity contribution in [2.24, 2.45) is 0 Å². The fourth-order valence-electron chi connectivity index (χ4n) is 1.16. The van der Waals surface area contributed by atoms with E-state index in [0.717, 1.165) is 5.56 Å². The molecule has 0 aliphatic heterocycles. The van der Waals surface area contributed by atoms with Gasteiger partial charge in [0.15, 0.2) is 6.29 Å². The minimum absolute atomic E-state index is 0.279. The van der Waals surface area contributed by atoms with E-state index in [4.69, 9.17) is 9.47 Å². The van der Waals surface area contributed by atoms with Gasteiger partial charge in [-0.3, -0.25) is 0 Å². The van der Waals surface area contributed by atoms with Crippen molar-refractivity contribution in [3.63, 3.8) is 0 Å². The Morgan fingerprint density at radius 2 is 2.00 bits per heavy atom. The summed E-state index contributed by atoms with van der Waals surface area (Å²) in [6.07, 6.45) is 1.44. The van der Waals surface area contributed by atoms with Crippen LogP contribution >= 0.6 is 0 Å². The van der Waals surface area contributed by atoms with E-state index in [-0.39, 0.29) is 6.29 Å². The molecule has 0 aromatic heterocycles. The maximum Gasteiger partial charge on any atom is 0.184 e. The van der Waals surface area contributed by atoms with Gasteiger partial charge in [-0.15, -0.1) is 6.58 Å². The summed E-state index contributed by atoms with van der Waals surface area (Å²) < 4.78 is 10.9. The van der Waals surface area contributed by atoms with Crippen molar-refractivity contribution in [3.05, 3.63) is 48.6 Å². The molecule has 2 nitrogen and oxygen atoms in total. The largest absolute Gasteiger partial charge is 0.349 e. The highest BCUT2D eigenvalue weighted by atomic mass is 16.7. The molecule has 0 aliphatic rings. The van der Waals surface area contributed by atoms with E-state index in [2.05, 4.69) is 6.58 Å². The lowest BCUT2D eigenvalue weighted by molar-refractivity contribution is -0.135. The van der Waals surface area contributed by atoms with Crippen LogP contribution in [-0.2, 0) is 9.47 Å². The zero-order valence-corrected chi connectivity index (χ0v) is 8.48. The lowest BCUT2D eigenvalue weighted by Gasteiger charge is -2.16. The molecule has 1 unspecified atom stereocenters. The van der Waals surface area contributed by atoms with Gasteiger partial charge < -0.3 is 9.47 Å². The first-order chi connectivity index (χ1) is 6.88. The van der Waals surface area contributed by atoms with E-state index in [9.17, 15) is 0 Å². The molecule has 1 atom stereocenters. The standard InChI is InChI=1S/C12H16O2/c1-3-10-14-12(13-4-2)11-8-6-5-7-9-11/h3,5-9,12H,1,4,10H2,2H3. The first-order valence-corrected chi connectivity index (χ1v) is 4.77. The summed E-state index contributed by atoms with van der Waals surface area (Å²) in [5.74, 6) is 0. The van der Waals surface area contributed by atoms with Crippen LogP contribution in [0.2, 0.25) is 0 Å². The molecule has 0 aliphatic carbocycles. The number of ether oxygens (including phenoxy) is 2. The van der Waals surface area contributed by atoms with Gasteiger partial charge in [-0.2, -0.15) is 0 Å². The summed E-state index contributed by atoms with van der Waals surface area (Å²) in [7, 11) is 0. The summed E-state index contributed by atoms with van der Waals surface area (Å²) in [6, 6.07) is 9.89. The van der Waals surface area contributed by atoms with E-state index < -0.39 is 0 Å². The minimum Gasteiger partial charge on any atom is -0.349 e. The van der Waals surface area contributed by atoms with Crippen LogP contribution in [0.15, 0.2) is 43.0 Å². The van der Waals surface area contributed by atoms with Crippen molar-refractivity contribution in [1.82, 2.24) is 0 Å². The summed E-state index contributed by atoms with van der Waals surface area (Å²) in [6.45, 7) is 6.69. The Morgan fingerprint density at radius 3 is 2.57 bits per heavy atom. The molecule has 0 bridgehead atoms. The van der Waals surface area contributed by atoms with E-state index >= 15 is 0 Å². The Bertz CT molecular complexity index is 256. The van der Waals surface area contributed by atoms with Crippen molar-refractivity contribution in [3.8, 4) is 0 Å². The van der Waals surface area contributed by atoms with Crippen LogP contribution in [0.1, 0.15) is 18.8 Å². The van der Waals surface area contributed by atoms with Crippen LogP contribution in [0.5, 0.6) is 0 Å². The summed E-state index contributed by atoms with van der Waals surface area (Å²) >= 11 is 0. The smallest absolute Gasteiger partial charge is 0.184 e. The molecule has 0 saturated carbocycles. The van der Waals surface area contributed by atoms with Crippen LogP contribution in [0.25, 0.3) is 0 Å². The number of rotatable bonds is 6. The van der Waals surface area contributed by atoms with Crippen molar-refractivity contribution >= 4 is 0 Å². The number of hydrogen-bond donors (Lipinski definition) is 0. The van der Waals surface area contributed by atoms with Gasteiger partial charge >= 0.3 is 0 Å². The molecule has 0 heterocycles. The van der Waals surface area contributed by atoms with E-state index in [1.165, 1.54) is 0 Å². The molecule has 76 valence electrons. The van der Waals surface area contributed by atoms with E-state index in [1.54, 1.807) is 6.08 Å². The third kappa shape index (κ3) is 3.32. The van der Waals surface area contributed by atoms with Gasteiger partial charge in [0.25, 0.3) is 0 Å². The van der Waals surface area contributed by atoms with Crippen LogP contribution in [-0.4, -0.2) is 13.2 Å². The highest BCUT2D eigenvalue weighted by Gasteiger charge is 2.09. The van der Waals surface area contributed by atoms with Gasteiger partial charge in [0.1, 0.15) is 0 Å². The monoisotopic (exact) mass is 192 g/mol. The van der Waals surface area contributed by atoms with Gasteiger partial charge in [-0.25, -0.2) is 0 Å². The first-order valence-electron chi connectivity index (χ1n) is 4.77. The molecule has 0 N–H and O–H groups in total. The van der Waals surface area contributed by atoms with Crippen molar-refractivity contribution < 1.29 is 9.47 Å². The van der Waals surface area contributed by atoms with Crippen molar-refractivity contribution in [2.75, 3.05) is 13.2 Å². The molecule has 1 aromatic carbocycles. The summed E-state index contributed by atoms with van der Waals surface area (Å²) in [5, 5.41) is 0. The predicted molar refractivity (Wildman–Crippen MR) is 57.0 cm³/mol. The van der Waals surface area contributed by atoms with E-state index in [0.29, 0.717) is 13.2 Å². The van der Waals surface area contributed by atoms with Crippen LogP contribution in [0, 0.1) is 0 Å². The van der Waals surface area contributed by atoms with Gasteiger partial charge in [0.2, 0.25) is 0 Å². The molecule has 1 aromatic rings. The molecule has 0 amide bonds. The molecule has 14 heavy (non-hydrogen) atoms. The lowest BCUT2D eigenvalue weighted by Crippen LogP contribution is -2.08. The van der Waals surface area contributed by atoms with Gasteiger partial charge in [-0.1, -0.05) is 36.4 Å². The zero-order valence-electron chi connectivity index (χ0n) is 8.48. The molecule has 0 fully saturated rings. The van der Waals surface area contributed by atoms with Gasteiger partial charge in [-0.05, 0) is 6.92 Å². The Morgan fingerprint density at radius 1 is 1.29 bits per heavy atom. The number of benzene rings is 1. The Balaban J connectivity index is 2.62. The fraction of sp³-hybridized carbons (Fsp3) is 0.333. The lowest BCUT2D eigenvalue weighted by atomic mass is 10.2. The van der Waals surface area contributed by atoms with Crippen molar-refractivity contribution in [1.29, 1.82) is 0 Å². The SMILES string of the molecule is C=CCOC(OCC)c1ccccc1. The van der Waals surface area contributed by atoms with Crippen molar-refractivity contribution in [2.45, 2.75) is 13.2 Å². The second kappa shape index (κ2) is 6.35. The Hall–Kier alpha value is -1.12. The molecule has 0 radical (unpaired) electrons. The third-order valence-electron chi connectivity index (χ3n) is 1.76. The summed E-state index contributed by atoms with van der Waals surface area (Å²) in [5.41, 5.74) is 1.04. The highest BCUT2D eigenvalue weighted by molar-refractivity contribution is 5.15. The normalized spacial score (nSPS) is 12.4. The minimum atomic E-state index is -0.279. The molecular formula is C12H16O2. The van der Waals surface area contributed by atoms with Gasteiger partial charge in [0.05, 0.1) is 6.61 Å². The number of hydrogen-bond acceptors (Lipinski definition) is 2. The van der Waals surface area contributed by atoms with Gasteiger partial charge in [0, 0.05) is 12.2 Å². The first kappa shape index (κ1) is 11.0. The second-order valence-corrected chi connectivity index (χ2v) is 2.82. The van der Waals surface area contributed by atoms with E-state index in [1.807, 2.05) is 37.3 Å². The third-order valence-corrected chi connectivity index (χ3v) is 1.76. The molecular weight excluding hydrogens is 176 g/mol. The molecule has 1 rings (SSSR count). The topological polar surface area (TPSA) is 18.5 Å². The maximum atomic E-state index is 5.48.